The average molecular weight is 356 g/mol. The summed E-state index contributed by atoms with van der Waals surface area (Å²) in [6.07, 6.45) is 3.65. The fourth-order valence-electron chi connectivity index (χ4n) is 2.89. The number of aryl methyl sites for hydroxylation is 2. The second kappa shape index (κ2) is 8.32. The van der Waals surface area contributed by atoms with Gasteiger partial charge in [0.15, 0.2) is 10.6 Å². The molecule has 0 aliphatic carbocycles. The van der Waals surface area contributed by atoms with E-state index in [2.05, 4.69) is 42.0 Å². The largest absolute Gasteiger partial charge is 0.463 e. The standard InChI is InChI=1S/C20H24N2O2S/c1-4-15-8-6-9-16(5-2)19(15)21-20-22(11-13-23-3)17(14-25-20)18-10-7-12-24-18/h6-10,12,14H,4-5,11,13H2,1-3H3. The topological polar surface area (TPSA) is 39.7 Å². The molecule has 2 aromatic heterocycles. The number of thiazole rings is 1. The molecule has 0 unspecified atom stereocenters. The Hall–Kier alpha value is -2.11. The van der Waals surface area contributed by atoms with Gasteiger partial charge >= 0.3 is 0 Å². The Kier molecular flexibility index (Phi) is 5.89. The number of nitrogens with zero attached hydrogens (tertiary/aromatic N) is 2. The zero-order valence-corrected chi connectivity index (χ0v) is 15.8. The van der Waals surface area contributed by atoms with Crippen molar-refractivity contribution < 1.29 is 9.15 Å². The number of ether oxygens (including phenoxy) is 1. The molecule has 4 nitrogen and oxygen atoms in total. The van der Waals surface area contributed by atoms with Gasteiger partial charge in [0, 0.05) is 19.0 Å². The van der Waals surface area contributed by atoms with E-state index in [1.807, 2.05) is 12.1 Å². The lowest BCUT2D eigenvalue weighted by Crippen LogP contribution is -2.18. The van der Waals surface area contributed by atoms with Gasteiger partial charge in [0.2, 0.25) is 0 Å². The summed E-state index contributed by atoms with van der Waals surface area (Å²) in [5, 5.41) is 2.10. The maximum Gasteiger partial charge on any atom is 0.190 e. The molecular weight excluding hydrogens is 332 g/mol. The number of rotatable bonds is 7. The van der Waals surface area contributed by atoms with E-state index < -0.39 is 0 Å². The first kappa shape index (κ1) is 17.7. The Bertz CT molecular complexity index is 853. The van der Waals surface area contributed by atoms with Crippen LogP contribution in [0.5, 0.6) is 0 Å². The molecule has 0 atom stereocenters. The molecule has 0 saturated carbocycles. The molecule has 25 heavy (non-hydrogen) atoms. The lowest BCUT2D eigenvalue weighted by molar-refractivity contribution is 0.187. The molecule has 3 rings (SSSR count). The van der Waals surface area contributed by atoms with E-state index in [4.69, 9.17) is 14.1 Å². The van der Waals surface area contributed by atoms with Gasteiger partial charge in [-0.2, -0.15) is 0 Å². The van der Waals surface area contributed by atoms with Crippen LogP contribution in [0.25, 0.3) is 11.5 Å². The third-order valence-corrected chi connectivity index (χ3v) is 5.13. The second-order valence-corrected chi connectivity index (χ2v) is 6.61. The van der Waals surface area contributed by atoms with Crippen LogP contribution in [0, 0.1) is 0 Å². The highest BCUT2D eigenvalue weighted by molar-refractivity contribution is 7.07. The van der Waals surface area contributed by atoms with Crippen LogP contribution < -0.4 is 4.80 Å². The predicted octanol–water partition coefficient (Wildman–Crippen LogP) is 4.81. The quantitative estimate of drug-likeness (QED) is 0.609. The molecule has 0 amide bonds. The Morgan fingerprint density at radius 3 is 2.48 bits per heavy atom. The number of hydrogen-bond donors (Lipinski definition) is 0. The summed E-state index contributed by atoms with van der Waals surface area (Å²) in [4.78, 5) is 6.02. The van der Waals surface area contributed by atoms with Gasteiger partial charge in [-0.1, -0.05) is 32.0 Å². The number of para-hydroxylation sites is 1. The number of aromatic nitrogens is 1. The Labute approximate surface area is 152 Å². The molecule has 0 aliphatic rings. The van der Waals surface area contributed by atoms with Gasteiger partial charge in [0.05, 0.1) is 24.3 Å². The zero-order chi connectivity index (χ0) is 17.6. The summed E-state index contributed by atoms with van der Waals surface area (Å²) in [6.45, 7) is 5.73. The highest BCUT2D eigenvalue weighted by Crippen LogP contribution is 2.26. The van der Waals surface area contributed by atoms with E-state index >= 15 is 0 Å². The van der Waals surface area contributed by atoms with Crippen molar-refractivity contribution in [1.82, 2.24) is 4.57 Å². The first-order valence-electron chi connectivity index (χ1n) is 8.65. The van der Waals surface area contributed by atoms with E-state index in [-0.39, 0.29) is 0 Å². The highest BCUT2D eigenvalue weighted by Gasteiger charge is 2.12. The van der Waals surface area contributed by atoms with Crippen molar-refractivity contribution >= 4 is 17.0 Å². The molecule has 2 heterocycles. The zero-order valence-electron chi connectivity index (χ0n) is 15.0. The van der Waals surface area contributed by atoms with E-state index in [0.717, 1.165) is 41.3 Å². The summed E-state index contributed by atoms with van der Waals surface area (Å²) in [5.41, 5.74) is 4.71. The Morgan fingerprint density at radius 1 is 1.12 bits per heavy atom. The van der Waals surface area contributed by atoms with Gasteiger partial charge in [-0.25, -0.2) is 4.99 Å². The first-order chi connectivity index (χ1) is 12.3. The summed E-state index contributed by atoms with van der Waals surface area (Å²) in [5.74, 6) is 0.855. The van der Waals surface area contributed by atoms with E-state index in [1.54, 1.807) is 24.7 Å². The van der Waals surface area contributed by atoms with Crippen molar-refractivity contribution in [3.63, 3.8) is 0 Å². The molecule has 0 radical (unpaired) electrons. The van der Waals surface area contributed by atoms with E-state index in [9.17, 15) is 0 Å². The van der Waals surface area contributed by atoms with E-state index in [0.29, 0.717) is 6.61 Å². The number of benzene rings is 1. The maximum atomic E-state index is 5.60. The normalized spacial score (nSPS) is 12.0. The molecule has 0 N–H and O–H groups in total. The molecule has 0 saturated heterocycles. The smallest absolute Gasteiger partial charge is 0.190 e. The minimum absolute atomic E-state index is 0.633. The van der Waals surface area contributed by atoms with Crippen LogP contribution in [0.1, 0.15) is 25.0 Å². The van der Waals surface area contributed by atoms with Gasteiger partial charge in [-0.15, -0.1) is 11.3 Å². The predicted molar refractivity (Wildman–Crippen MR) is 102 cm³/mol. The van der Waals surface area contributed by atoms with Crippen LogP contribution in [0.15, 0.2) is 51.4 Å². The van der Waals surface area contributed by atoms with E-state index in [1.165, 1.54) is 11.1 Å². The first-order valence-corrected chi connectivity index (χ1v) is 9.53. The number of methoxy groups -OCH3 is 1. The molecule has 132 valence electrons. The molecule has 5 heteroatoms. The summed E-state index contributed by atoms with van der Waals surface area (Å²) in [7, 11) is 1.72. The van der Waals surface area contributed by atoms with Crippen LogP contribution in [-0.4, -0.2) is 18.3 Å². The molecule has 3 aromatic rings. The van der Waals surface area contributed by atoms with Gasteiger partial charge in [-0.05, 0) is 36.1 Å². The van der Waals surface area contributed by atoms with Crippen molar-refractivity contribution in [2.24, 2.45) is 4.99 Å². The van der Waals surface area contributed by atoms with Crippen LogP contribution in [-0.2, 0) is 24.1 Å². The van der Waals surface area contributed by atoms with Crippen LogP contribution in [0.3, 0.4) is 0 Å². The van der Waals surface area contributed by atoms with Gasteiger partial charge in [0.1, 0.15) is 0 Å². The van der Waals surface area contributed by atoms with Crippen molar-refractivity contribution in [3.8, 4) is 11.5 Å². The summed E-state index contributed by atoms with van der Waals surface area (Å²) >= 11 is 1.64. The summed E-state index contributed by atoms with van der Waals surface area (Å²) in [6, 6.07) is 10.3. The third-order valence-electron chi connectivity index (χ3n) is 4.26. The minimum atomic E-state index is 0.633. The molecule has 1 aromatic carbocycles. The molecule has 0 bridgehead atoms. The monoisotopic (exact) mass is 356 g/mol. The second-order valence-electron chi connectivity index (χ2n) is 5.77. The average Bonchev–Trinajstić information content (AvgIpc) is 3.29. The summed E-state index contributed by atoms with van der Waals surface area (Å²) < 4.78 is 13.1. The van der Waals surface area contributed by atoms with Crippen molar-refractivity contribution in [2.75, 3.05) is 13.7 Å². The minimum Gasteiger partial charge on any atom is -0.463 e. The molecule has 0 aliphatic heterocycles. The van der Waals surface area contributed by atoms with Crippen molar-refractivity contribution in [1.29, 1.82) is 0 Å². The maximum absolute atomic E-state index is 5.60. The Balaban J connectivity index is 2.16. The van der Waals surface area contributed by atoms with Crippen LogP contribution >= 0.6 is 11.3 Å². The highest BCUT2D eigenvalue weighted by atomic mass is 32.1. The van der Waals surface area contributed by atoms with Crippen molar-refractivity contribution in [3.05, 3.63) is 57.9 Å². The molecular formula is C20H24N2O2S. The lowest BCUT2D eigenvalue weighted by Gasteiger charge is -2.10. The van der Waals surface area contributed by atoms with Gasteiger partial charge in [-0.3, -0.25) is 0 Å². The van der Waals surface area contributed by atoms with Crippen LogP contribution in [0.4, 0.5) is 5.69 Å². The fraction of sp³-hybridized carbons (Fsp3) is 0.350. The molecule has 0 spiro atoms. The number of furan rings is 1. The Morgan fingerprint density at radius 2 is 1.88 bits per heavy atom. The van der Waals surface area contributed by atoms with Crippen LogP contribution in [0.2, 0.25) is 0 Å². The van der Waals surface area contributed by atoms with Gasteiger partial charge < -0.3 is 13.7 Å². The third kappa shape index (κ3) is 3.78. The fourth-order valence-corrected chi connectivity index (χ4v) is 3.82. The van der Waals surface area contributed by atoms with Crippen molar-refractivity contribution in [2.45, 2.75) is 33.2 Å². The SMILES string of the molecule is CCc1cccc(CC)c1N=c1scc(-c2ccco2)n1CCOC. The lowest BCUT2D eigenvalue weighted by atomic mass is 10.0. The number of hydrogen-bond acceptors (Lipinski definition) is 4. The van der Waals surface area contributed by atoms with Gasteiger partial charge in [0.25, 0.3) is 0 Å². The molecule has 0 fully saturated rings.